The van der Waals surface area contributed by atoms with Gasteiger partial charge in [0.2, 0.25) is 0 Å². The number of hydrazine groups is 1. The van der Waals surface area contributed by atoms with E-state index >= 15 is 0 Å². The van der Waals surface area contributed by atoms with E-state index in [1.807, 2.05) is 78.9 Å². The van der Waals surface area contributed by atoms with Crippen LogP contribution in [0.15, 0.2) is 84.0 Å². The molecule has 13 heteroatoms. The van der Waals surface area contributed by atoms with Gasteiger partial charge < -0.3 is 19.2 Å². The first kappa shape index (κ1) is 37.4. The fraction of sp³-hybridized carbons (Fsp3) is 0.447. The minimum atomic E-state index is -2.25. The zero-order valence-corrected chi connectivity index (χ0v) is 31.2. The van der Waals surface area contributed by atoms with Gasteiger partial charge in [-0.2, -0.15) is 0 Å². The van der Waals surface area contributed by atoms with Gasteiger partial charge in [0.15, 0.2) is 8.32 Å². The average molecular weight is 713 g/mol. The second kappa shape index (κ2) is 16.0. The van der Waals surface area contributed by atoms with Crippen LogP contribution in [0.3, 0.4) is 0 Å². The Hall–Kier alpha value is -4.84. The van der Waals surface area contributed by atoms with Crippen LogP contribution in [0.4, 0.5) is 9.59 Å². The smallest absolute Gasteiger partial charge is 0.429 e. The zero-order chi connectivity index (χ0) is 36.8. The Morgan fingerprint density at radius 3 is 2.16 bits per heavy atom. The molecular formula is C38H48N6O6Si. The highest BCUT2D eigenvalue weighted by atomic mass is 28.4. The predicted octanol–water partition coefficient (Wildman–Crippen LogP) is 8.16. The molecule has 270 valence electrons. The van der Waals surface area contributed by atoms with E-state index in [9.17, 15) is 19.9 Å². The van der Waals surface area contributed by atoms with Crippen LogP contribution in [0.5, 0.6) is 0 Å². The lowest BCUT2D eigenvalue weighted by Crippen LogP contribution is -2.65. The molecule has 0 radical (unpaired) electrons. The maximum Gasteiger partial charge on any atom is 0.429 e. The normalized spacial score (nSPS) is 17.0. The number of azide groups is 1. The van der Waals surface area contributed by atoms with Crippen LogP contribution in [0.25, 0.3) is 21.6 Å². The Labute approximate surface area is 300 Å². The van der Waals surface area contributed by atoms with Gasteiger partial charge in [-0.3, -0.25) is 4.79 Å². The van der Waals surface area contributed by atoms with Gasteiger partial charge in [0.25, 0.3) is 5.91 Å². The molecule has 1 heterocycles. The lowest BCUT2D eigenvalue weighted by Gasteiger charge is -2.46. The van der Waals surface area contributed by atoms with Crippen molar-refractivity contribution in [3.05, 3.63) is 106 Å². The Kier molecular flexibility index (Phi) is 11.7. The highest BCUT2D eigenvalue weighted by molar-refractivity contribution is 6.74. The second-order valence-corrected chi connectivity index (χ2v) is 19.4. The van der Waals surface area contributed by atoms with Crippen molar-refractivity contribution in [2.24, 2.45) is 5.11 Å². The summed E-state index contributed by atoms with van der Waals surface area (Å²) in [6, 6.07) is 22.3. The molecule has 1 fully saturated rings. The topological polar surface area (TPSA) is 146 Å². The molecule has 3 aromatic carbocycles. The van der Waals surface area contributed by atoms with Gasteiger partial charge in [0.05, 0.1) is 18.7 Å². The fourth-order valence-corrected chi connectivity index (χ4v) is 7.34. The molecule has 1 unspecified atom stereocenters. The van der Waals surface area contributed by atoms with Gasteiger partial charge in [-0.25, -0.2) is 19.6 Å². The minimum absolute atomic E-state index is 0.0138. The number of benzene rings is 3. The summed E-state index contributed by atoms with van der Waals surface area (Å²) in [4.78, 5) is 44.7. The van der Waals surface area contributed by atoms with Crippen molar-refractivity contribution in [1.82, 2.24) is 15.3 Å². The summed E-state index contributed by atoms with van der Waals surface area (Å²) < 4.78 is 18.0. The number of fused-ring (bicyclic) bond motifs is 3. The summed E-state index contributed by atoms with van der Waals surface area (Å²) in [5.74, 6) is -0.829. The minimum Gasteiger partial charge on any atom is -0.449 e. The lowest BCUT2D eigenvalue weighted by atomic mass is 9.98. The fourth-order valence-electron chi connectivity index (χ4n) is 6.30. The number of carbonyl (C=O) groups is 3. The number of hydrogen-bond donors (Lipinski definition) is 1. The molecule has 0 spiro atoms. The number of nitrogens with zero attached hydrogens (tertiary/aromatic N) is 5. The van der Waals surface area contributed by atoms with Crippen molar-refractivity contribution in [2.45, 2.75) is 89.3 Å². The monoisotopic (exact) mass is 712 g/mol. The number of rotatable bonds is 11. The Morgan fingerprint density at radius 1 is 0.941 bits per heavy atom. The quantitative estimate of drug-likeness (QED) is 0.0919. The van der Waals surface area contributed by atoms with Gasteiger partial charge in [-0.15, -0.1) is 0 Å². The van der Waals surface area contributed by atoms with E-state index in [-0.39, 0.29) is 37.3 Å². The third kappa shape index (κ3) is 8.55. The van der Waals surface area contributed by atoms with E-state index in [0.29, 0.717) is 12.8 Å². The van der Waals surface area contributed by atoms with Gasteiger partial charge in [0.1, 0.15) is 19.3 Å². The van der Waals surface area contributed by atoms with Crippen LogP contribution in [-0.2, 0) is 25.3 Å². The van der Waals surface area contributed by atoms with Crippen LogP contribution in [0.2, 0.25) is 18.1 Å². The summed E-state index contributed by atoms with van der Waals surface area (Å²) >= 11 is 0. The number of hydrogen-bond acceptors (Lipinski definition) is 7. The Balaban J connectivity index is 1.38. The SMILES string of the molecule is CC(N=[N+]=[N-])[C@H](NC(=O)OCC1c2ccccc2-c2ccccc21)C(=O)N1[C@H](CO[Si](C)(C)C(C)(C)C)CCCN1C(=O)OCc1ccccc1. The molecule has 0 saturated carbocycles. The Morgan fingerprint density at radius 2 is 1.55 bits per heavy atom. The zero-order valence-electron chi connectivity index (χ0n) is 30.2. The molecule has 1 saturated heterocycles. The van der Waals surface area contributed by atoms with Crippen LogP contribution in [-0.4, -0.2) is 74.3 Å². The van der Waals surface area contributed by atoms with Gasteiger partial charge in [0, 0.05) is 17.4 Å². The third-order valence-corrected chi connectivity index (χ3v) is 14.7. The Bertz CT molecular complexity index is 1710. The molecule has 1 aliphatic heterocycles. The molecule has 3 atom stereocenters. The third-order valence-electron chi connectivity index (χ3n) is 10.2. The first-order chi connectivity index (χ1) is 24.3. The second-order valence-electron chi connectivity index (χ2n) is 14.6. The van der Waals surface area contributed by atoms with E-state index in [1.54, 1.807) is 0 Å². The number of nitrogens with one attached hydrogen (secondary N) is 1. The molecule has 0 aromatic heterocycles. The molecule has 2 aliphatic rings. The van der Waals surface area contributed by atoms with Crippen molar-refractivity contribution in [2.75, 3.05) is 19.8 Å². The summed E-state index contributed by atoms with van der Waals surface area (Å²) in [5, 5.41) is 8.99. The molecule has 12 nitrogen and oxygen atoms in total. The first-order valence-corrected chi connectivity index (χ1v) is 20.3. The van der Waals surface area contributed by atoms with Crippen molar-refractivity contribution in [3.8, 4) is 11.1 Å². The van der Waals surface area contributed by atoms with Crippen LogP contribution in [0, 0.1) is 0 Å². The largest absolute Gasteiger partial charge is 0.449 e. The average Bonchev–Trinajstić information content (AvgIpc) is 3.44. The van der Waals surface area contributed by atoms with Gasteiger partial charge >= 0.3 is 12.2 Å². The lowest BCUT2D eigenvalue weighted by molar-refractivity contribution is -0.162. The van der Waals surface area contributed by atoms with E-state index in [1.165, 1.54) is 16.9 Å². The molecule has 3 aromatic rings. The van der Waals surface area contributed by atoms with Crippen LogP contribution >= 0.6 is 0 Å². The summed E-state index contributed by atoms with van der Waals surface area (Å²) in [6.07, 6.45) is -0.400. The highest BCUT2D eigenvalue weighted by Gasteiger charge is 2.44. The van der Waals surface area contributed by atoms with E-state index in [2.05, 4.69) is 49.2 Å². The highest BCUT2D eigenvalue weighted by Crippen LogP contribution is 2.44. The number of carbonyl (C=O) groups excluding carboxylic acids is 3. The maximum absolute atomic E-state index is 14.6. The van der Waals surface area contributed by atoms with Crippen LogP contribution in [0.1, 0.15) is 63.1 Å². The van der Waals surface area contributed by atoms with Gasteiger partial charge in [-0.05, 0) is 64.3 Å². The summed E-state index contributed by atoms with van der Waals surface area (Å²) in [6.45, 7) is 12.6. The first-order valence-electron chi connectivity index (χ1n) is 17.4. The molecule has 5 rings (SSSR count). The van der Waals surface area contributed by atoms with Crippen LogP contribution < -0.4 is 5.32 Å². The molecular weight excluding hydrogens is 665 g/mol. The number of ether oxygens (including phenoxy) is 2. The van der Waals surface area contributed by atoms with Gasteiger partial charge in [-0.1, -0.05) is 112 Å². The maximum atomic E-state index is 14.6. The molecule has 1 N–H and O–H groups in total. The standard InChI is InChI=1S/C38H48N6O6Si/c1-26(41-42-39)34(40-36(46)48-25-33-31-20-12-10-18-29(31)30-19-11-13-21-32(30)33)35(45)44-28(24-50-51(5,6)38(2,3)4)17-14-22-43(44)37(47)49-23-27-15-8-7-9-16-27/h7-13,15-16,18-21,26,28,33-34H,14,17,22-25H2,1-6H3,(H,40,46)/t26?,28-,34-/m0/s1. The summed E-state index contributed by atoms with van der Waals surface area (Å²) in [5.41, 5.74) is 14.4. The number of amides is 3. The number of alkyl carbamates (subject to hydrolysis) is 1. The molecule has 0 bridgehead atoms. The molecule has 1 aliphatic carbocycles. The molecule has 3 amide bonds. The van der Waals surface area contributed by atoms with E-state index in [0.717, 1.165) is 27.8 Å². The van der Waals surface area contributed by atoms with E-state index in [4.69, 9.17) is 13.9 Å². The van der Waals surface area contributed by atoms with Crippen molar-refractivity contribution in [3.63, 3.8) is 0 Å². The predicted molar refractivity (Wildman–Crippen MR) is 197 cm³/mol. The van der Waals surface area contributed by atoms with Crippen molar-refractivity contribution in [1.29, 1.82) is 0 Å². The van der Waals surface area contributed by atoms with Crippen molar-refractivity contribution < 1.29 is 28.3 Å². The molecule has 51 heavy (non-hydrogen) atoms. The van der Waals surface area contributed by atoms with E-state index < -0.39 is 44.5 Å². The summed E-state index contributed by atoms with van der Waals surface area (Å²) in [7, 11) is -2.25. The van der Waals surface area contributed by atoms with Crippen molar-refractivity contribution >= 4 is 26.4 Å².